The molecule has 1 aromatic rings. The van der Waals surface area contributed by atoms with Crippen molar-refractivity contribution < 1.29 is 14.4 Å². The van der Waals surface area contributed by atoms with Crippen LogP contribution in [-0.2, 0) is 4.79 Å². The molecule has 0 atom stereocenters. The number of hydrogen-bond acceptors (Lipinski definition) is 8. The van der Waals surface area contributed by atoms with Gasteiger partial charge in [0.2, 0.25) is 0 Å². The van der Waals surface area contributed by atoms with Crippen molar-refractivity contribution in [1.82, 2.24) is 36.1 Å². The van der Waals surface area contributed by atoms with Gasteiger partial charge in [-0.2, -0.15) is 4.99 Å². The van der Waals surface area contributed by atoms with Gasteiger partial charge in [0.15, 0.2) is 28.4 Å². The molecule has 2 fully saturated rings. The van der Waals surface area contributed by atoms with E-state index in [1.165, 1.54) is 18.4 Å². The highest BCUT2D eigenvalue weighted by molar-refractivity contribution is 6.31. The number of carbonyl (C=O) groups excluding carboxylic acids is 3. The summed E-state index contributed by atoms with van der Waals surface area (Å²) in [5.74, 6) is -0.968. The number of aliphatic imine (C=N–C) groups is 1. The van der Waals surface area contributed by atoms with Crippen molar-refractivity contribution in [2.24, 2.45) is 10.7 Å². The SMILES string of the molecule is C=C(/C=C(\C=C/N)C(=O)N1CCC2(CC1)CN/C(=N\C(=O)c1nc(Cl)c(N)nc1N)N2)NC(=O)NC(C)C. The molecule has 3 rings (SSSR count). The first-order valence-electron chi connectivity index (χ1n) is 11.8. The van der Waals surface area contributed by atoms with Gasteiger partial charge in [-0.25, -0.2) is 14.8 Å². The zero-order valence-corrected chi connectivity index (χ0v) is 21.9. The molecule has 2 aliphatic heterocycles. The summed E-state index contributed by atoms with van der Waals surface area (Å²) >= 11 is 5.85. The number of hydrogen-bond donors (Lipinski definition) is 7. The van der Waals surface area contributed by atoms with E-state index in [0.29, 0.717) is 32.5 Å². The third-order valence-electron chi connectivity index (χ3n) is 5.85. The number of halogens is 1. The lowest BCUT2D eigenvalue weighted by atomic mass is 9.88. The highest BCUT2D eigenvalue weighted by Crippen LogP contribution is 2.26. The summed E-state index contributed by atoms with van der Waals surface area (Å²) in [5, 5.41) is 11.5. The molecule has 1 spiro atoms. The van der Waals surface area contributed by atoms with Gasteiger partial charge in [0.05, 0.1) is 5.54 Å². The Balaban J connectivity index is 1.62. The minimum atomic E-state index is -0.726. The molecule has 0 bridgehead atoms. The first-order chi connectivity index (χ1) is 17.9. The lowest BCUT2D eigenvalue weighted by Crippen LogP contribution is -2.54. The second-order valence-electron chi connectivity index (χ2n) is 9.19. The standard InChI is InChI=1S/C23H32ClN11O3/c1-12(2)29-22(38)30-13(3)10-14(4-7-25)20(37)35-8-5-23(6-9-35)11-28-21(34-23)33-19(36)15-17(26)32-18(27)16(24)31-15/h4,7,10,12H,3,5-6,8-9,11,25H2,1-2H3,(H4,26,27,32)(H2,29,30,38)(H2,28,33,34,36)/b7-4-,14-10+. The average molecular weight is 546 g/mol. The second kappa shape index (κ2) is 11.8. The van der Waals surface area contributed by atoms with Crippen LogP contribution in [0.1, 0.15) is 37.2 Å². The largest absolute Gasteiger partial charge is 0.405 e. The molecule has 0 radical (unpaired) electrons. The van der Waals surface area contributed by atoms with Crippen LogP contribution in [0.4, 0.5) is 16.4 Å². The summed E-state index contributed by atoms with van der Waals surface area (Å²) in [5.41, 5.74) is 16.8. The van der Waals surface area contributed by atoms with E-state index in [2.05, 4.69) is 42.8 Å². The molecule has 4 amide bonds. The fourth-order valence-corrected chi connectivity index (χ4v) is 4.12. The van der Waals surface area contributed by atoms with E-state index in [4.69, 9.17) is 28.8 Å². The lowest BCUT2D eigenvalue weighted by molar-refractivity contribution is -0.128. The Morgan fingerprint density at radius 3 is 2.53 bits per heavy atom. The van der Waals surface area contributed by atoms with Crippen LogP contribution in [0.3, 0.4) is 0 Å². The first-order valence-corrected chi connectivity index (χ1v) is 12.2. The van der Waals surface area contributed by atoms with E-state index in [-0.39, 0.29) is 51.7 Å². The number of guanidine groups is 1. The molecule has 0 aromatic carbocycles. The Labute approximate surface area is 224 Å². The molecule has 204 valence electrons. The van der Waals surface area contributed by atoms with Crippen LogP contribution in [0.2, 0.25) is 5.15 Å². The van der Waals surface area contributed by atoms with Crippen LogP contribution in [0.15, 0.2) is 41.2 Å². The molecule has 15 heteroatoms. The third-order valence-corrected chi connectivity index (χ3v) is 6.13. The normalized spacial score (nSPS) is 17.9. The predicted molar refractivity (Wildman–Crippen MR) is 145 cm³/mol. The molecule has 0 unspecified atom stereocenters. The summed E-state index contributed by atoms with van der Waals surface area (Å²) in [6.07, 6.45) is 5.36. The van der Waals surface area contributed by atoms with E-state index in [9.17, 15) is 14.4 Å². The Morgan fingerprint density at radius 2 is 1.89 bits per heavy atom. The quantitative estimate of drug-likeness (QED) is 0.187. The molecular formula is C23H32ClN11O3. The number of allylic oxidation sites excluding steroid dienone is 1. The number of carbonyl (C=O) groups is 3. The number of anilines is 2. The number of aromatic nitrogens is 2. The van der Waals surface area contributed by atoms with Gasteiger partial charge in [-0.3, -0.25) is 9.59 Å². The number of piperidine rings is 1. The van der Waals surface area contributed by atoms with Gasteiger partial charge in [-0.05, 0) is 45.0 Å². The number of nitrogens with zero attached hydrogens (tertiary/aromatic N) is 4. The van der Waals surface area contributed by atoms with Crippen LogP contribution in [0, 0.1) is 0 Å². The van der Waals surface area contributed by atoms with E-state index in [0.717, 1.165) is 0 Å². The van der Waals surface area contributed by atoms with E-state index >= 15 is 0 Å². The summed E-state index contributed by atoms with van der Waals surface area (Å²) < 4.78 is 0. The number of amides is 4. The van der Waals surface area contributed by atoms with E-state index < -0.39 is 17.5 Å². The Kier molecular flexibility index (Phi) is 8.78. The van der Waals surface area contributed by atoms with Gasteiger partial charge < -0.3 is 43.4 Å². The molecule has 2 aliphatic rings. The number of nitrogens with two attached hydrogens (primary N) is 3. The molecule has 0 aliphatic carbocycles. The summed E-state index contributed by atoms with van der Waals surface area (Å²) in [6.45, 7) is 8.82. The maximum absolute atomic E-state index is 13.2. The van der Waals surface area contributed by atoms with Crippen molar-refractivity contribution in [3.8, 4) is 0 Å². The predicted octanol–water partition coefficient (Wildman–Crippen LogP) is -0.0353. The fourth-order valence-electron chi connectivity index (χ4n) is 3.99. The highest BCUT2D eigenvalue weighted by Gasteiger charge is 2.41. The minimum absolute atomic E-state index is 0.0529. The van der Waals surface area contributed by atoms with Gasteiger partial charge in [0, 0.05) is 36.9 Å². The summed E-state index contributed by atoms with van der Waals surface area (Å²) in [6, 6.07) is -0.474. The van der Waals surface area contributed by atoms with Gasteiger partial charge >= 0.3 is 11.9 Å². The zero-order valence-electron chi connectivity index (χ0n) is 21.2. The number of likely N-dealkylation sites (tertiary alicyclic amines) is 1. The second-order valence-corrected chi connectivity index (χ2v) is 9.55. The number of nitrogen functional groups attached to an aromatic ring is 2. The smallest absolute Gasteiger partial charge is 0.319 e. The molecule has 0 saturated carbocycles. The van der Waals surface area contributed by atoms with E-state index in [1.807, 2.05) is 13.8 Å². The lowest BCUT2D eigenvalue weighted by Gasteiger charge is -2.38. The number of rotatable bonds is 6. The van der Waals surface area contributed by atoms with Crippen molar-refractivity contribution in [2.45, 2.75) is 38.3 Å². The maximum Gasteiger partial charge on any atom is 0.319 e. The zero-order chi connectivity index (χ0) is 28.0. The molecule has 3 heterocycles. The number of nitrogens with one attached hydrogen (secondary N) is 4. The van der Waals surface area contributed by atoms with Crippen LogP contribution in [0.5, 0.6) is 0 Å². The van der Waals surface area contributed by atoms with Crippen molar-refractivity contribution in [2.75, 3.05) is 31.1 Å². The van der Waals surface area contributed by atoms with E-state index in [1.54, 1.807) is 4.90 Å². The van der Waals surface area contributed by atoms with Crippen LogP contribution < -0.4 is 38.5 Å². The monoisotopic (exact) mass is 545 g/mol. The van der Waals surface area contributed by atoms with Gasteiger partial charge in [0.25, 0.3) is 5.91 Å². The Bertz CT molecular complexity index is 1220. The fraction of sp³-hybridized carbons (Fsp3) is 0.391. The topological polar surface area (TPSA) is 219 Å². The van der Waals surface area contributed by atoms with Crippen LogP contribution in [0.25, 0.3) is 0 Å². The van der Waals surface area contributed by atoms with Crippen molar-refractivity contribution in [3.05, 3.63) is 47.0 Å². The molecule has 38 heavy (non-hydrogen) atoms. The first kappa shape index (κ1) is 28.2. The number of urea groups is 1. The summed E-state index contributed by atoms with van der Waals surface area (Å²) in [4.78, 5) is 51.0. The minimum Gasteiger partial charge on any atom is -0.405 e. The molecule has 10 N–H and O–H groups in total. The Morgan fingerprint density at radius 1 is 1.21 bits per heavy atom. The third kappa shape index (κ3) is 6.91. The van der Waals surface area contributed by atoms with Crippen molar-refractivity contribution in [1.29, 1.82) is 0 Å². The van der Waals surface area contributed by atoms with Gasteiger partial charge in [-0.1, -0.05) is 18.2 Å². The molecule has 1 aromatic heterocycles. The van der Waals surface area contributed by atoms with Gasteiger partial charge in [0.1, 0.15) is 0 Å². The van der Waals surface area contributed by atoms with Gasteiger partial charge in [-0.15, -0.1) is 0 Å². The van der Waals surface area contributed by atoms with Crippen LogP contribution >= 0.6 is 11.6 Å². The molecular weight excluding hydrogens is 514 g/mol. The maximum atomic E-state index is 13.2. The molecule has 14 nitrogen and oxygen atoms in total. The average Bonchev–Trinajstić information content (AvgIpc) is 3.22. The van der Waals surface area contributed by atoms with Crippen LogP contribution in [-0.4, -0.2) is 69.9 Å². The summed E-state index contributed by atoms with van der Waals surface area (Å²) in [7, 11) is 0. The van der Waals surface area contributed by atoms with Crippen molar-refractivity contribution in [3.63, 3.8) is 0 Å². The molecule has 2 saturated heterocycles. The Hall–Kier alpha value is -4.33. The highest BCUT2D eigenvalue weighted by atomic mass is 35.5. The van der Waals surface area contributed by atoms with Crippen molar-refractivity contribution >= 4 is 47.0 Å².